The van der Waals surface area contributed by atoms with Gasteiger partial charge in [-0.15, -0.1) is 0 Å². The average molecular weight is 439 g/mol. The van der Waals surface area contributed by atoms with Crippen LogP contribution in [0, 0.1) is 10.8 Å². The van der Waals surface area contributed by atoms with Crippen LogP contribution in [-0.2, 0) is 15.6 Å². The lowest BCUT2D eigenvalue weighted by molar-refractivity contribution is 0.274. The van der Waals surface area contributed by atoms with Gasteiger partial charge in [0.25, 0.3) is 0 Å². The summed E-state index contributed by atoms with van der Waals surface area (Å²) in [6, 6.07) is 17.1. The molecule has 0 bridgehead atoms. The van der Waals surface area contributed by atoms with Crippen molar-refractivity contribution in [2.24, 2.45) is 10.8 Å². The first kappa shape index (κ1) is 26.5. The molecule has 0 atom stereocenters. The second kappa shape index (κ2) is 10.00. The molecule has 178 valence electrons. The van der Waals surface area contributed by atoms with Crippen LogP contribution in [0.25, 0.3) is 0 Å². The standard InChI is InChI=1S/C28H42O.C2H4O/c1-25(2,3)19-27(7,8)21-15-11-13-17-23(21)29-24-18-14-12-16-22(24)28(9,10)20-26(4,5)6;1-2-3-1/h11-18H,19-20H2,1-10H3;1-2H2. The van der Waals surface area contributed by atoms with E-state index in [2.05, 4.69) is 123 Å². The van der Waals surface area contributed by atoms with Gasteiger partial charge in [0.2, 0.25) is 0 Å². The van der Waals surface area contributed by atoms with E-state index in [1.54, 1.807) is 0 Å². The lowest BCUT2D eigenvalue weighted by atomic mass is 9.71. The monoisotopic (exact) mass is 438 g/mol. The van der Waals surface area contributed by atoms with Crippen LogP contribution in [0.5, 0.6) is 11.5 Å². The van der Waals surface area contributed by atoms with Crippen LogP contribution in [0.3, 0.4) is 0 Å². The van der Waals surface area contributed by atoms with E-state index in [9.17, 15) is 0 Å². The molecule has 1 aliphatic heterocycles. The van der Waals surface area contributed by atoms with Crippen molar-refractivity contribution in [1.82, 2.24) is 0 Å². The summed E-state index contributed by atoms with van der Waals surface area (Å²) < 4.78 is 11.1. The van der Waals surface area contributed by atoms with Crippen LogP contribution in [0.15, 0.2) is 48.5 Å². The largest absolute Gasteiger partial charge is 0.457 e. The second-order valence-corrected chi connectivity index (χ2v) is 12.9. The summed E-state index contributed by atoms with van der Waals surface area (Å²) in [4.78, 5) is 0. The Bertz CT molecular complexity index is 789. The van der Waals surface area contributed by atoms with Gasteiger partial charge in [0.05, 0.1) is 13.2 Å². The van der Waals surface area contributed by atoms with Crippen molar-refractivity contribution in [3.05, 3.63) is 59.7 Å². The Morgan fingerprint density at radius 2 is 0.906 bits per heavy atom. The third-order valence-electron chi connectivity index (χ3n) is 5.60. The zero-order valence-corrected chi connectivity index (χ0v) is 22.3. The molecule has 0 saturated carbocycles. The molecule has 2 aromatic carbocycles. The topological polar surface area (TPSA) is 21.8 Å². The fourth-order valence-electron chi connectivity index (χ4n) is 5.19. The van der Waals surface area contributed by atoms with Gasteiger partial charge in [-0.1, -0.05) is 106 Å². The van der Waals surface area contributed by atoms with Crippen LogP contribution < -0.4 is 4.74 Å². The fourth-order valence-corrected chi connectivity index (χ4v) is 5.19. The molecule has 1 fully saturated rings. The highest BCUT2D eigenvalue weighted by molar-refractivity contribution is 5.46. The minimum absolute atomic E-state index is 0.0325. The Hall–Kier alpha value is -1.80. The third-order valence-corrected chi connectivity index (χ3v) is 5.60. The summed E-state index contributed by atoms with van der Waals surface area (Å²) >= 11 is 0. The van der Waals surface area contributed by atoms with Crippen molar-refractivity contribution >= 4 is 0 Å². The minimum Gasteiger partial charge on any atom is -0.457 e. The lowest BCUT2D eigenvalue weighted by Gasteiger charge is -2.35. The normalized spacial score (nSPS) is 14.4. The Morgan fingerprint density at radius 1 is 0.594 bits per heavy atom. The molecule has 2 aromatic rings. The summed E-state index contributed by atoms with van der Waals surface area (Å²) in [6.07, 6.45) is 2.19. The van der Waals surface area contributed by atoms with Crippen LogP contribution in [-0.4, -0.2) is 13.2 Å². The molecule has 32 heavy (non-hydrogen) atoms. The molecule has 1 saturated heterocycles. The molecule has 2 nitrogen and oxygen atoms in total. The van der Waals surface area contributed by atoms with Crippen molar-refractivity contribution in [1.29, 1.82) is 0 Å². The van der Waals surface area contributed by atoms with E-state index in [0.717, 1.165) is 37.6 Å². The molecule has 0 spiro atoms. The van der Waals surface area contributed by atoms with Gasteiger partial charge in [-0.05, 0) is 46.6 Å². The Balaban J connectivity index is 0.00000111. The van der Waals surface area contributed by atoms with Crippen molar-refractivity contribution < 1.29 is 9.47 Å². The highest BCUT2D eigenvalue weighted by Crippen LogP contribution is 2.44. The number of benzene rings is 2. The first-order valence-electron chi connectivity index (χ1n) is 12.1. The van der Waals surface area contributed by atoms with Gasteiger partial charge in [-0.25, -0.2) is 0 Å². The first-order chi connectivity index (χ1) is 14.6. The van der Waals surface area contributed by atoms with E-state index in [0.29, 0.717) is 0 Å². The SMILES string of the molecule is C1CO1.CC(C)(C)CC(C)(C)c1ccccc1Oc1ccccc1C(C)(C)CC(C)(C)C. The molecular weight excluding hydrogens is 392 g/mol. The Labute approximate surface area is 197 Å². The molecule has 0 amide bonds. The number of rotatable bonds is 6. The molecule has 0 aliphatic carbocycles. The third kappa shape index (κ3) is 8.62. The van der Waals surface area contributed by atoms with Crippen LogP contribution >= 0.6 is 0 Å². The zero-order valence-electron chi connectivity index (χ0n) is 22.3. The van der Waals surface area contributed by atoms with E-state index < -0.39 is 0 Å². The molecule has 2 heteroatoms. The van der Waals surface area contributed by atoms with Crippen LogP contribution in [0.4, 0.5) is 0 Å². The van der Waals surface area contributed by atoms with Crippen LogP contribution in [0.2, 0.25) is 0 Å². The number of para-hydroxylation sites is 2. The summed E-state index contributed by atoms with van der Waals surface area (Å²) in [7, 11) is 0. The molecule has 1 aliphatic rings. The van der Waals surface area contributed by atoms with Crippen molar-refractivity contribution in [2.75, 3.05) is 13.2 Å². The molecule has 0 radical (unpaired) electrons. The quantitative estimate of drug-likeness (QED) is 0.420. The predicted molar refractivity (Wildman–Crippen MR) is 138 cm³/mol. The van der Waals surface area contributed by atoms with E-state index in [-0.39, 0.29) is 21.7 Å². The van der Waals surface area contributed by atoms with Gasteiger partial charge >= 0.3 is 0 Å². The molecule has 3 rings (SSSR count). The number of hydrogen-bond donors (Lipinski definition) is 0. The minimum atomic E-state index is 0.0325. The highest BCUT2D eigenvalue weighted by atomic mass is 16.6. The average Bonchev–Trinajstić information content (AvgIpc) is 3.47. The van der Waals surface area contributed by atoms with Crippen LogP contribution in [0.1, 0.15) is 93.2 Å². The first-order valence-corrected chi connectivity index (χ1v) is 12.1. The van der Waals surface area contributed by atoms with Crippen molar-refractivity contribution in [3.8, 4) is 11.5 Å². The maximum Gasteiger partial charge on any atom is 0.131 e. The summed E-state index contributed by atoms with van der Waals surface area (Å²) in [6.45, 7) is 25.2. The molecule has 0 N–H and O–H groups in total. The van der Waals surface area contributed by atoms with Crippen molar-refractivity contribution in [3.63, 3.8) is 0 Å². The maximum atomic E-state index is 6.64. The van der Waals surface area contributed by atoms with E-state index in [4.69, 9.17) is 4.74 Å². The molecule has 0 unspecified atom stereocenters. The molecular formula is C30H46O2. The van der Waals surface area contributed by atoms with E-state index >= 15 is 0 Å². The number of ether oxygens (including phenoxy) is 2. The van der Waals surface area contributed by atoms with E-state index in [1.807, 2.05) is 0 Å². The predicted octanol–water partition coefficient (Wildman–Crippen LogP) is 8.92. The number of hydrogen-bond acceptors (Lipinski definition) is 2. The van der Waals surface area contributed by atoms with Gasteiger partial charge in [0.1, 0.15) is 11.5 Å². The van der Waals surface area contributed by atoms with Crippen molar-refractivity contribution in [2.45, 2.75) is 92.9 Å². The number of epoxide rings is 1. The van der Waals surface area contributed by atoms with Gasteiger partial charge in [-0.2, -0.15) is 0 Å². The van der Waals surface area contributed by atoms with Gasteiger partial charge in [0.15, 0.2) is 0 Å². The fraction of sp³-hybridized carbons (Fsp3) is 0.600. The van der Waals surface area contributed by atoms with Gasteiger partial charge < -0.3 is 9.47 Å². The highest BCUT2D eigenvalue weighted by Gasteiger charge is 2.32. The Morgan fingerprint density at radius 3 is 1.19 bits per heavy atom. The van der Waals surface area contributed by atoms with Gasteiger partial charge in [-0.3, -0.25) is 0 Å². The Kier molecular flexibility index (Phi) is 8.26. The summed E-state index contributed by atoms with van der Waals surface area (Å²) in [5, 5.41) is 0. The maximum absolute atomic E-state index is 6.64. The second-order valence-electron chi connectivity index (χ2n) is 12.9. The summed E-state index contributed by atoms with van der Waals surface area (Å²) in [5.41, 5.74) is 3.12. The summed E-state index contributed by atoms with van der Waals surface area (Å²) in [5.74, 6) is 1.95. The van der Waals surface area contributed by atoms with E-state index in [1.165, 1.54) is 11.1 Å². The molecule has 1 heterocycles. The smallest absolute Gasteiger partial charge is 0.131 e. The zero-order chi connectivity index (χ0) is 24.2. The molecule has 0 aromatic heterocycles. The lowest BCUT2D eigenvalue weighted by Crippen LogP contribution is -2.26. The van der Waals surface area contributed by atoms with Gasteiger partial charge in [0, 0.05) is 11.1 Å².